The number of carbonyl (C=O) groups excluding carboxylic acids is 1. The van der Waals surface area contributed by atoms with Crippen molar-refractivity contribution in [3.8, 4) is 0 Å². The van der Waals surface area contributed by atoms with Crippen LogP contribution in [-0.2, 0) is 9.53 Å². The third-order valence-electron chi connectivity index (χ3n) is 1.03. The molecule has 0 aromatic rings. The summed E-state index contributed by atoms with van der Waals surface area (Å²) in [6.45, 7) is 7.27. The van der Waals surface area contributed by atoms with Crippen molar-refractivity contribution in [2.45, 2.75) is 27.7 Å². The van der Waals surface area contributed by atoms with Crippen LogP contribution in [0.15, 0.2) is 11.9 Å². The zero-order valence-corrected chi connectivity index (χ0v) is 7.98. The molecule has 0 heterocycles. The maximum atomic E-state index is 12.9. The molecule has 0 saturated carbocycles. The highest BCUT2D eigenvalue weighted by Crippen LogP contribution is 2.18. The fraction of sp³-hybridized carbons (Fsp3) is 0.667. The Morgan fingerprint density at radius 3 is 2.33 bits per heavy atom. The fourth-order valence-electron chi connectivity index (χ4n) is 0.639. The van der Waals surface area contributed by atoms with Crippen LogP contribution in [0.4, 0.5) is 4.39 Å². The van der Waals surface area contributed by atoms with Gasteiger partial charge in [-0.15, -0.1) is 0 Å². The first-order valence-electron chi connectivity index (χ1n) is 3.92. The molecular formula is C9H15FO2. The van der Waals surface area contributed by atoms with E-state index < -0.39 is 11.8 Å². The Balaban J connectivity index is 4.28. The number of hydrogen-bond donors (Lipinski definition) is 0. The van der Waals surface area contributed by atoms with Crippen LogP contribution in [0.3, 0.4) is 0 Å². The fourth-order valence-corrected chi connectivity index (χ4v) is 0.639. The maximum absolute atomic E-state index is 12.9. The molecule has 0 amide bonds. The second-order valence-corrected chi connectivity index (χ2v) is 3.58. The second kappa shape index (κ2) is 4.24. The molecular weight excluding hydrogens is 159 g/mol. The van der Waals surface area contributed by atoms with E-state index in [9.17, 15) is 9.18 Å². The van der Waals surface area contributed by atoms with Gasteiger partial charge in [-0.2, -0.15) is 4.39 Å². The van der Waals surface area contributed by atoms with Crippen LogP contribution in [0.25, 0.3) is 0 Å². The Labute approximate surface area is 72.4 Å². The van der Waals surface area contributed by atoms with Crippen molar-refractivity contribution in [1.82, 2.24) is 0 Å². The number of rotatable bonds is 2. The summed E-state index contributed by atoms with van der Waals surface area (Å²) in [5.74, 6) is -1.70. The van der Waals surface area contributed by atoms with Gasteiger partial charge in [0.1, 0.15) is 0 Å². The number of esters is 1. The monoisotopic (exact) mass is 174 g/mol. The normalized spacial score (nSPS) is 12.9. The Morgan fingerprint density at radius 2 is 2.00 bits per heavy atom. The minimum atomic E-state index is -0.882. The molecule has 0 aromatic carbocycles. The van der Waals surface area contributed by atoms with Crippen LogP contribution in [0.2, 0.25) is 0 Å². The smallest absolute Gasteiger partial charge is 0.366 e. The Kier molecular flexibility index (Phi) is 3.93. The first kappa shape index (κ1) is 11.1. The molecule has 0 rings (SSSR count). The predicted molar refractivity (Wildman–Crippen MR) is 45.3 cm³/mol. The van der Waals surface area contributed by atoms with E-state index in [-0.39, 0.29) is 12.0 Å². The molecule has 0 aliphatic rings. The molecule has 70 valence electrons. The number of allylic oxidation sites excluding steroid dienone is 1. The first-order valence-corrected chi connectivity index (χ1v) is 3.92. The Bertz CT molecular complexity index is 189. The van der Waals surface area contributed by atoms with Gasteiger partial charge in [-0.25, -0.2) is 4.79 Å². The highest BCUT2D eigenvalue weighted by atomic mass is 19.1. The van der Waals surface area contributed by atoms with E-state index in [1.165, 1.54) is 6.08 Å². The van der Waals surface area contributed by atoms with E-state index in [1.807, 2.05) is 20.8 Å². The lowest BCUT2D eigenvalue weighted by Crippen LogP contribution is -2.08. The molecule has 0 radical (unpaired) electrons. The van der Waals surface area contributed by atoms with Gasteiger partial charge in [-0.05, 0) is 18.4 Å². The molecule has 0 aliphatic carbocycles. The molecule has 3 heteroatoms. The van der Waals surface area contributed by atoms with Crippen LogP contribution in [0, 0.1) is 5.41 Å². The number of halogens is 1. The lowest BCUT2D eigenvalue weighted by atomic mass is 9.96. The maximum Gasteiger partial charge on any atom is 0.366 e. The molecule has 0 atom stereocenters. The quantitative estimate of drug-likeness (QED) is 0.474. The van der Waals surface area contributed by atoms with Gasteiger partial charge in [0.25, 0.3) is 0 Å². The third kappa shape index (κ3) is 4.88. The van der Waals surface area contributed by atoms with Crippen LogP contribution in [0.1, 0.15) is 27.7 Å². The van der Waals surface area contributed by atoms with Crippen LogP contribution < -0.4 is 0 Å². The van der Waals surface area contributed by atoms with Crippen molar-refractivity contribution in [2.24, 2.45) is 5.41 Å². The summed E-state index contributed by atoms with van der Waals surface area (Å²) >= 11 is 0. The molecule has 0 fully saturated rings. The number of hydrogen-bond acceptors (Lipinski definition) is 2. The largest absolute Gasteiger partial charge is 0.461 e. The van der Waals surface area contributed by atoms with Gasteiger partial charge in [0.05, 0.1) is 6.61 Å². The third-order valence-corrected chi connectivity index (χ3v) is 1.03. The minimum absolute atomic E-state index is 0.199. The van der Waals surface area contributed by atoms with Crippen molar-refractivity contribution in [3.05, 3.63) is 11.9 Å². The van der Waals surface area contributed by atoms with Gasteiger partial charge in [-0.3, -0.25) is 0 Å². The standard InChI is InChI=1S/C9H15FO2/c1-5-12-8(11)7(10)6-9(2,3)4/h6H,5H2,1-4H3/b7-6+. The lowest BCUT2D eigenvalue weighted by Gasteiger charge is -2.11. The van der Waals surface area contributed by atoms with E-state index >= 15 is 0 Å². The molecule has 0 N–H and O–H groups in total. The van der Waals surface area contributed by atoms with E-state index in [2.05, 4.69) is 4.74 Å². The van der Waals surface area contributed by atoms with E-state index in [1.54, 1.807) is 6.92 Å². The van der Waals surface area contributed by atoms with E-state index in [4.69, 9.17) is 0 Å². The summed E-state index contributed by atoms with van der Waals surface area (Å²) in [4.78, 5) is 10.8. The van der Waals surface area contributed by atoms with Gasteiger partial charge in [0.15, 0.2) is 0 Å². The molecule has 0 aliphatic heterocycles. The summed E-state index contributed by atoms with van der Waals surface area (Å²) in [6, 6.07) is 0. The van der Waals surface area contributed by atoms with Crippen molar-refractivity contribution in [1.29, 1.82) is 0 Å². The van der Waals surface area contributed by atoms with Crippen LogP contribution in [0.5, 0.6) is 0 Å². The average Bonchev–Trinajstić information content (AvgIpc) is 1.84. The number of carbonyl (C=O) groups is 1. The highest BCUT2D eigenvalue weighted by molar-refractivity contribution is 5.85. The molecule has 0 saturated heterocycles. The lowest BCUT2D eigenvalue weighted by molar-refractivity contribution is -0.140. The molecule has 0 bridgehead atoms. The zero-order chi connectivity index (χ0) is 9.78. The topological polar surface area (TPSA) is 26.3 Å². The Morgan fingerprint density at radius 1 is 1.50 bits per heavy atom. The Hall–Kier alpha value is -0.860. The van der Waals surface area contributed by atoms with E-state index in [0.29, 0.717) is 0 Å². The summed E-state index contributed by atoms with van der Waals surface area (Å²) in [7, 11) is 0. The van der Waals surface area contributed by atoms with Crippen molar-refractivity contribution >= 4 is 5.97 Å². The predicted octanol–water partition coefficient (Wildman–Crippen LogP) is 2.45. The molecule has 0 spiro atoms. The van der Waals surface area contributed by atoms with Gasteiger partial charge >= 0.3 is 5.97 Å². The van der Waals surface area contributed by atoms with Gasteiger partial charge in [0.2, 0.25) is 5.83 Å². The van der Waals surface area contributed by atoms with Crippen molar-refractivity contribution in [3.63, 3.8) is 0 Å². The molecule has 0 unspecified atom stereocenters. The van der Waals surface area contributed by atoms with Crippen molar-refractivity contribution in [2.75, 3.05) is 6.61 Å². The minimum Gasteiger partial charge on any atom is -0.461 e. The average molecular weight is 174 g/mol. The highest BCUT2D eigenvalue weighted by Gasteiger charge is 2.14. The molecule has 2 nitrogen and oxygen atoms in total. The van der Waals surface area contributed by atoms with E-state index in [0.717, 1.165) is 0 Å². The molecule has 0 aromatic heterocycles. The van der Waals surface area contributed by atoms with Crippen molar-refractivity contribution < 1.29 is 13.9 Å². The van der Waals surface area contributed by atoms with Crippen LogP contribution in [-0.4, -0.2) is 12.6 Å². The van der Waals surface area contributed by atoms with Gasteiger partial charge in [0, 0.05) is 0 Å². The molecule has 12 heavy (non-hydrogen) atoms. The van der Waals surface area contributed by atoms with Crippen LogP contribution >= 0.6 is 0 Å². The summed E-state index contributed by atoms with van der Waals surface area (Å²) in [6.07, 6.45) is 1.25. The summed E-state index contributed by atoms with van der Waals surface area (Å²) < 4.78 is 17.3. The summed E-state index contributed by atoms with van der Waals surface area (Å²) in [5.41, 5.74) is -0.336. The van der Waals surface area contributed by atoms with Gasteiger partial charge < -0.3 is 4.74 Å². The first-order chi connectivity index (χ1) is 5.37. The summed E-state index contributed by atoms with van der Waals surface area (Å²) in [5, 5.41) is 0. The SMILES string of the molecule is CCOC(=O)/C(F)=C\C(C)(C)C. The second-order valence-electron chi connectivity index (χ2n) is 3.58. The van der Waals surface area contributed by atoms with Gasteiger partial charge in [-0.1, -0.05) is 20.8 Å². The number of ether oxygens (including phenoxy) is 1. The zero-order valence-electron chi connectivity index (χ0n) is 7.98.